The van der Waals surface area contributed by atoms with Crippen molar-refractivity contribution in [2.75, 3.05) is 12.3 Å². The van der Waals surface area contributed by atoms with Crippen LogP contribution in [0.25, 0.3) is 0 Å². The highest BCUT2D eigenvalue weighted by Gasteiger charge is 2.28. The molecule has 0 saturated heterocycles. The molecular weight excluding hydrogens is 463 g/mol. The Kier molecular flexibility index (Phi) is 10.9. The summed E-state index contributed by atoms with van der Waals surface area (Å²) in [6, 6.07) is 13.0. The summed E-state index contributed by atoms with van der Waals surface area (Å²) >= 11 is 13.8. The van der Waals surface area contributed by atoms with Crippen molar-refractivity contribution in [3.63, 3.8) is 0 Å². The Morgan fingerprint density at radius 2 is 1.81 bits per heavy atom. The van der Waals surface area contributed by atoms with E-state index in [1.807, 2.05) is 32.9 Å². The van der Waals surface area contributed by atoms with Gasteiger partial charge in [0.05, 0.1) is 15.8 Å². The molecule has 2 aromatic rings. The van der Waals surface area contributed by atoms with Crippen molar-refractivity contribution >= 4 is 46.8 Å². The molecule has 2 amide bonds. The maximum absolute atomic E-state index is 13.3. The lowest BCUT2D eigenvalue weighted by Gasteiger charge is -2.31. The van der Waals surface area contributed by atoms with Crippen molar-refractivity contribution in [1.29, 1.82) is 0 Å². The highest BCUT2D eigenvalue weighted by Crippen LogP contribution is 2.24. The number of thioether (sulfide) groups is 1. The van der Waals surface area contributed by atoms with Crippen LogP contribution in [0.4, 0.5) is 0 Å². The summed E-state index contributed by atoms with van der Waals surface area (Å²) in [5, 5.41) is 3.87. The molecule has 0 heterocycles. The van der Waals surface area contributed by atoms with Gasteiger partial charge in [0.15, 0.2) is 0 Å². The standard InChI is InChI=1S/C25H32Cl2N2O2S/c1-5-23(25(31)28-13-17(2)3)29(14-19-9-10-21(26)22(27)12-19)24(30)16-32-15-20-8-6-7-18(4)11-20/h6-12,17,23H,5,13-16H2,1-4H3,(H,28,31). The lowest BCUT2D eigenvalue weighted by molar-refractivity contribution is -0.139. The van der Waals surface area contributed by atoms with Gasteiger partial charge in [-0.25, -0.2) is 0 Å². The van der Waals surface area contributed by atoms with E-state index in [4.69, 9.17) is 23.2 Å². The number of hydrogen-bond acceptors (Lipinski definition) is 3. The maximum atomic E-state index is 13.3. The summed E-state index contributed by atoms with van der Waals surface area (Å²) < 4.78 is 0. The van der Waals surface area contributed by atoms with E-state index in [-0.39, 0.29) is 11.8 Å². The third-order valence-corrected chi connectivity index (χ3v) is 6.71. The van der Waals surface area contributed by atoms with Gasteiger partial charge < -0.3 is 10.2 Å². The van der Waals surface area contributed by atoms with Gasteiger partial charge in [-0.3, -0.25) is 9.59 Å². The molecule has 1 N–H and O–H groups in total. The molecule has 1 atom stereocenters. The quantitative estimate of drug-likeness (QED) is 0.409. The van der Waals surface area contributed by atoms with Crippen LogP contribution in [-0.4, -0.2) is 35.1 Å². The zero-order valence-electron chi connectivity index (χ0n) is 19.2. The molecule has 7 heteroatoms. The number of nitrogens with zero attached hydrogens (tertiary/aromatic N) is 1. The molecule has 0 aliphatic rings. The fraction of sp³-hybridized carbons (Fsp3) is 0.440. The van der Waals surface area contributed by atoms with E-state index >= 15 is 0 Å². The molecule has 1 unspecified atom stereocenters. The van der Waals surface area contributed by atoms with Crippen LogP contribution in [0, 0.1) is 12.8 Å². The summed E-state index contributed by atoms with van der Waals surface area (Å²) in [6.45, 7) is 8.94. The number of rotatable bonds is 11. The van der Waals surface area contributed by atoms with Gasteiger partial charge in [0, 0.05) is 18.8 Å². The van der Waals surface area contributed by atoms with E-state index < -0.39 is 6.04 Å². The molecule has 174 valence electrons. The average molecular weight is 496 g/mol. The monoisotopic (exact) mass is 494 g/mol. The first-order chi connectivity index (χ1) is 15.2. The summed E-state index contributed by atoms with van der Waals surface area (Å²) in [4.78, 5) is 27.8. The van der Waals surface area contributed by atoms with Gasteiger partial charge in [0.2, 0.25) is 11.8 Å². The second-order valence-corrected chi connectivity index (χ2v) is 10.1. The average Bonchev–Trinajstić information content (AvgIpc) is 2.74. The minimum Gasteiger partial charge on any atom is -0.354 e. The number of halogens is 2. The number of aryl methyl sites for hydroxylation is 1. The third kappa shape index (κ3) is 8.34. The third-order valence-electron chi connectivity index (χ3n) is 4.98. The summed E-state index contributed by atoms with van der Waals surface area (Å²) in [5.41, 5.74) is 3.22. The van der Waals surface area contributed by atoms with Gasteiger partial charge in [0.25, 0.3) is 0 Å². The maximum Gasteiger partial charge on any atom is 0.242 e. The zero-order valence-corrected chi connectivity index (χ0v) is 21.5. The molecule has 0 fully saturated rings. The predicted molar refractivity (Wildman–Crippen MR) is 136 cm³/mol. The van der Waals surface area contributed by atoms with Gasteiger partial charge in [-0.15, -0.1) is 11.8 Å². The summed E-state index contributed by atoms with van der Waals surface area (Å²) in [7, 11) is 0. The van der Waals surface area contributed by atoms with Crippen LogP contribution in [0.5, 0.6) is 0 Å². The number of nitrogens with one attached hydrogen (secondary N) is 1. The number of benzene rings is 2. The van der Waals surface area contributed by atoms with E-state index in [2.05, 4.69) is 30.4 Å². The van der Waals surface area contributed by atoms with Gasteiger partial charge in [-0.05, 0) is 42.5 Å². The van der Waals surface area contributed by atoms with Gasteiger partial charge >= 0.3 is 0 Å². The Balaban J connectivity index is 2.15. The Bertz CT molecular complexity index is 921. The normalized spacial score (nSPS) is 12.0. The highest BCUT2D eigenvalue weighted by molar-refractivity contribution is 7.99. The van der Waals surface area contributed by atoms with Gasteiger partial charge in [0.1, 0.15) is 6.04 Å². The molecular formula is C25H32Cl2N2O2S. The van der Waals surface area contributed by atoms with Crippen LogP contribution in [0.3, 0.4) is 0 Å². The van der Waals surface area contributed by atoms with Crippen LogP contribution in [-0.2, 0) is 21.9 Å². The minimum absolute atomic E-state index is 0.0692. The largest absolute Gasteiger partial charge is 0.354 e. The van der Waals surface area contributed by atoms with Crippen molar-refractivity contribution in [1.82, 2.24) is 10.2 Å². The first kappa shape index (κ1) is 26.6. The Morgan fingerprint density at radius 3 is 2.44 bits per heavy atom. The first-order valence-electron chi connectivity index (χ1n) is 10.9. The summed E-state index contributed by atoms with van der Waals surface area (Å²) in [6.07, 6.45) is 0.527. The first-order valence-corrected chi connectivity index (χ1v) is 12.8. The van der Waals surface area contributed by atoms with Crippen molar-refractivity contribution in [3.05, 3.63) is 69.2 Å². The van der Waals surface area contributed by atoms with Crippen molar-refractivity contribution < 1.29 is 9.59 Å². The molecule has 32 heavy (non-hydrogen) atoms. The second-order valence-electron chi connectivity index (χ2n) is 8.31. The fourth-order valence-electron chi connectivity index (χ4n) is 3.32. The SMILES string of the molecule is CCC(C(=O)NCC(C)C)N(Cc1ccc(Cl)c(Cl)c1)C(=O)CSCc1cccc(C)c1. The smallest absolute Gasteiger partial charge is 0.242 e. The number of amides is 2. The van der Waals surface area contributed by atoms with Gasteiger partial charge in [-0.1, -0.05) is 79.9 Å². The van der Waals surface area contributed by atoms with E-state index in [1.165, 1.54) is 11.1 Å². The molecule has 0 aromatic heterocycles. The molecule has 0 radical (unpaired) electrons. The predicted octanol–water partition coefficient (Wildman–Crippen LogP) is 6.11. The summed E-state index contributed by atoms with van der Waals surface area (Å²) in [5.74, 6) is 1.17. The Labute approximate surface area is 206 Å². The zero-order chi connectivity index (χ0) is 23.7. The molecule has 0 saturated carbocycles. The number of carbonyl (C=O) groups excluding carboxylic acids is 2. The number of hydrogen-bond donors (Lipinski definition) is 1. The molecule has 0 aliphatic heterocycles. The van der Waals surface area contributed by atoms with Crippen molar-refractivity contribution in [2.24, 2.45) is 5.92 Å². The van der Waals surface area contributed by atoms with Crippen molar-refractivity contribution in [2.45, 2.75) is 52.5 Å². The van der Waals surface area contributed by atoms with E-state index in [0.717, 1.165) is 11.3 Å². The second kappa shape index (κ2) is 13.1. The molecule has 0 bridgehead atoms. The lowest BCUT2D eigenvalue weighted by atomic mass is 10.1. The molecule has 0 aliphatic carbocycles. The number of carbonyl (C=O) groups is 2. The highest BCUT2D eigenvalue weighted by atomic mass is 35.5. The van der Waals surface area contributed by atoms with Crippen LogP contribution < -0.4 is 5.32 Å². The Hall–Kier alpha value is -1.69. The van der Waals surface area contributed by atoms with Crippen LogP contribution in [0.15, 0.2) is 42.5 Å². The molecule has 2 rings (SSSR count). The van der Waals surface area contributed by atoms with Crippen LogP contribution in [0.1, 0.15) is 43.9 Å². The van der Waals surface area contributed by atoms with E-state index in [9.17, 15) is 9.59 Å². The molecule has 4 nitrogen and oxygen atoms in total. The molecule has 2 aromatic carbocycles. The molecule has 0 spiro atoms. The van der Waals surface area contributed by atoms with E-state index in [0.29, 0.717) is 41.2 Å². The lowest BCUT2D eigenvalue weighted by Crippen LogP contribution is -2.50. The van der Waals surface area contributed by atoms with Crippen LogP contribution >= 0.6 is 35.0 Å². The van der Waals surface area contributed by atoms with Gasteiger partial charge in [-0.2, -0.15) is 0 Å². The fourth-order valence-corrected chi connectivity index (χ4v) is 4.50. The minimum atomic E-state index is -0.546. The van der Waals surface area contributed by atoms with Crippen LogP contribution in [0.2, 0.25) is 10.0 Å². The van der Waals surface area contributed by atoms with Crippen molar-refractivity contribution in [3.8, 4) is 0 Å². The van der Waals surface area contributed by atoms with E-state index in [1.54, 1.807) is 28.8 Å². The topological polar surface area (TPSA) is 49.4 Å². The Morgan fingerprint density at radius 1 is 1.06 bits per heavy atom.